The number of hydrogen-bond acceptors (Lipinski definition) is 14. The van der Waals surface area contributed by atoms with Gasteiger partial charge in [0.25, 0.3) is 11.8 Å². The monoisotopic (exact) mass is 653 g/mol. The van der Waals surface area contributed by atoms with Gasteiger partial charge < -0.3 is 39.4 Å². The quantitative estimate of drug-likeness (QED) is 0.0547. The molecule has 1 aromatic rings. The average Bonchev–Trinajstić information content (AvgIpc) is 3.32. The standard InChI is InChI=1S/C28H35N3O15/c1-15(32)43-14-16-6-7-17(29-28(41)46-27-24(38)22(36)23(37)25(45-27)26(39)40)18(13-16)42-11-12-44-30-19(33)5-3-2-4-10-31-20(34)8-9-21(31)35/h6-9,13,22-25,27,36-38H,2-5,10-12,14H2,1H3,(H,29,41)(H,30,33)(H,39,40)/t22-,23+,24-,25-,27-/m0/s1. The number of imide groups is 1. The number of amides is 4. The molecular weight excluding hydrogens is 618 g/mol. The summed E-state index contributed by atoms with van der Waals surface area (Å²) >= 11 is 0. The summed E-state index contributed by atoms with van der Waals surface area (Å²) in [6.45, 7) is 1.10. The van der Waals surface area contributed by atoms with Crippen LogP contribution in [0.3, 0.4) is 0 Å². The molecule has 0 radical (unpaired) electrons. The summed E-state index contributed by atoms with van der Waals surface area (Å²) in [6, 6.07) is 4.30. The van der Waals surface area contributed by atoms with Crippen molar-refractivity contribution in [1.29, 1.82) is 0 Å². The number of rotatable bonds is 16. The summed E-state index contributed by atoms with van der Waals surface area (Å²) in [5.41, 5.74) is 2.76. The summed E-state index contributed by atoms with van der Waals surface area (Å²) in [4.78, 5) is 76.4. The SMILES string of the molecule is CC(=O)OCc1ccc(NC(=O)O[C@@H]2O[C@H](C(=O)O)[C@H](O)[C@H](O)[C@@H]2O)c(OCCONC(=O)CCCCCN2C(=O)C=CC2=O)c1. The largest absolute Gasteiger partial charge is 0.489 e. The summed E-state index contributed by atoms with van der Waals surface area (Å²) in [5, 5.41) is 41.3. The number of ether oxygens (including phenoxy) is 4. The number of nitrogens with zero attached hydrogens (tertiary/aromatic N) is 1. The van der Waals surface area contributed by atoms with Crippen LogP contribution >= 0.6 is 0 Å². The first-order valence-corrected chi connectivity index (χ1v) is 14.1. The summed E-state index contributed by atoms with van der Waals surface area (Å²) in [6.07, 6.45) is -6.89. The van der Waals surface area contributed by atoms with Gasteiger partial charge in [0.15, 0.2) is 6.10 Å². The predicted molar refractivity (Wildman–Crippen MR) is 150 cm³/mol. The van der Waals surface area contributed by atoms with Gasteiger partial charge in [0, 0.05) is 32.0 Å². The Balaban J connectivity index is 1.47. The molecule has 1 fully saturated rings. The molecule has 5 atom stereocenters. The molecule has 0 aromatic heterocycles. The van der Waals surface area contributed by atoms with Crippen molar-refractivity contribution >= 4 is 41.4 Å². The Kier molecular flexibility index (Phi) is 13.4. The molecule has 0 spiro atoms. The highest BCUT2D eigenvalue weighted by molar-refractivity contribution is 6.12. The van der Waals surface area contributed by atoms with Crippen LogP contribution in [0.5, 0.6) is 5.75 Å². The lowest BCUT2D eigenvalue weighted by atomic mass is 9.99. The molecule has 0 bridgehead atoms. The second-order valence-corrected chi connectivity index (χ2v) is 10.1. The van der Waals surface area contributed by atoms with E-state index in [4.69, 9.17) is 28.9 Å². The first kappa shape index (κ1) is 35.9. The molecule has 6 N–H and O–H groups in total. The maximum absolute atomic E-state index is 12.6. The van der Waals surface area contributed by atoms with E-state index >= 15 is 0 Å². The highest BCUT2D eigenvalue weighted by Crippen LogP contribution is 2.28. The Labute approximate surface area is 261 Å². The molecule has 0 saturated carbocycles. The van der Waals surface area contributed by atoms with Crippen LogP contribution in [0.4, 0.5) is 10.5 Å². The van der Waals surface area contributed by atoms with E-state index in [0.717, 1.165) is 4.90 Å². The zero-order valence-corrected chi connectivity index (χ0v) is 24.7. The fourth-order valence-corrected chi connectivity index (χ4v) is 4.22. The number of carbonyl (C=O) groups is 6. The first-order chi connectivity index (χ1) is 21.9. The average molecular weight is 654 g/mol. The molecule has 18 heteroatoms. The van der Waals surface area contributed by atoms with Crippen LogP contribution < -0.4 is 15.5 Å². The van der Waals surface area contributed by atoms with E-state index in [9.17, 15) is 44.1 Å². The third-order valence-electron chi connectivity index (χ3n) is 6.58. The van der Waals surface area contributed by atoms with Crippen LogP contribution in [0, 0.1) is 0 Å². The van der Waals surface area contributed by atoms with Crippen molar-refractivity contribution in [3.05, 3.63) is 35.9 Å². The third-order valence-corrected chi connectivity index (χ3v) is 6.58. The second kappa shape index (κ2) is 17.2. The molecule has 46 heavy (non-hydrogen) atoms. The molecule has 0 aliphatic carbocycles. The number of carbonyl (C=O) groups excluding carboxylic acids is 5. The number of esters is 1. The minimum Gasteiger partial charge on any atom is -0.489 e. The molecule has 0 unspecified atom stereocenters. The van der Waals surface area contributed by atoms with Crippen molar-refractivity contribution in [2.24, 2.45) is 0 Å². The number of hydroxylamine groups is 1. The van der Waals surface area contributed by atoms with E-state index in [1.807, 2.05) is 0 Å². The lowest BCUT2D eigenvalue weighted by Crippen LogP contribution is -2.60. The maximum atomic E-state index is 12.6. The van der Waals surface area contributed by atoms with Crippen LogP contribution in [0.25, 0.3) is 0 Å². The molecule has 1 saturated heterocycles. The number of nitrogens with one attached hydrogen (secondary N) is 2. The molecule has 252 valence electrons. The maximum Gasteiger partial charge on any atom is 0.414 e. The summed E-state index contributed by atoms with van der Waals surface area (Å²) in [5.74, 6) is -3.27. The number of carboxylic acids is 1. The van der Waals surface area contributed by atoms with E-state index in [1.54, 1.807) is 0 Å². The van der Waals surface area contributed by atoms with Gasteiger partial charge >= 0.3 is 18.0 Å². The number of unbranched alkanes of at least 4 members (excludes halogenated alkanes) is 2. The third kappa shape index (κ3) is 10.5. The van der Waals surface area contributed by atoms with E-state index in [0.29, 0.717) is 24.8 Å². The topological polar surface area (TPSA) is 257 Å². The Bertz CT molecular complexity index is 1300. The lowest BCUT2D eigenvalue weighted by Gasteiger charge is -2.37. The van der Waals surface area contributed by atoms with Gasteiger partial charge in [0.2, 0.25) is 12.2 Å². The van der Waals surface area contributed by atoms with E-state index < -0.39 is 54.6 Å². The minimum atomic E-state index is -1.98. The predicted octanol–water partition coefficient (Wildman–Crippen LogP) is -0.898. The highest BCUT2D eigenvalue weighted by Gasteiger charge is 2.48. The zero-order valence-electron chi connectivity index (χ0n) is 24.7. The van der Waals surface area contributed by atoms with E-state index in [-0.39, 0.29) is 56.0 Å². The highest BCUT2D eigenvalue weighted by atomic mass is 16.7. The summed E-state index contributed by atoms with van der Waals surface area (Å²) in [7, 11) is 0. The van der Waals surface area contributed by atoms with Gasteiger partial charge in [-0.15, -0.1) is 0 Å². The molecule has 4 amide bonds. The van der Waals surface area contributed by atoms with Crippen molar-refractivity contribution in [1.82, 2.24) is 10.4 Å². The van der Waals surface area contributed by atoms with E-state index in [1.165, 1.54) is 37.3 Å². The lowest BCUT2D eigenvalue weighted by molar-refractivity contribution is -0.277. The second-order valence-electron chi connectivity index (χ2n) is 10.1. The number of benzene rings is 1. The van der Waals surface area contributed by atoms with Crippen molar-refractivity contribution in [2.45, 2.75) is 69.9 Å². The number of aliphatic hydroxyl groups is 3. The van der Waals surface area contributed by atoms with Crippen molar-refractivity contribution in [3.63, 3.8) is 0 Å². The van der Waals surface area contributed by atoms with Gasteiger partial charge in [0.05, 0.1) is 5.69 Å². The fourth-order valence-electron chi connectivity index (χ4n) is 4.22. The molecule has 2 heterocycles. The number of aliphatic carboxylic acids is 1. The van der Waals surface area contributed by atoms with Crippen LogP contribution in [-0.2, 0) is 49.6 Å². The van der Waals surface area contributed by atoms with Gasteiger partial charge in [-0.25, -0.2) is 15.1 Å². The summed E-state index contributed by atoms with van der Waals surface area (Å²) < 4.78 is 20.5. The van der Waals surface area contributed by atoms with Crippen molar-refractivity contribution in [3.8, 4) is 5.75 Å². The van der Waals surface area contributed by atoms with Crippen LogP contribution in [-0.4, -0.2) is 112 Å². The minimum absolute atomic E-state index is 0.0226. The van der Waals surface area contributed by atoms with Gasteiger partial charge in [-0.2, -0.15) is 0 Å². The first-order valence-electron chi connectivity index (χ1n) is 14.1. The normalized spacial score (nSPS) is 22.3. The Morgan fingerprint density at radius 1 is 0.957 bits per heavy atom. The number of aliphatic hydroxyl groups excluding tert-OH is 3. The number of hydrogen-bond donors (Lipinski definition) is 6. The Morgan fingerprint density at radius 2 is 1.67 bits per heavy atom. The smallest absolute Gasteiger partial charge is 0.414 e. The molecule has 3 rings (SSSR count). The zero-order chi connectivity index (χ0) is 33.8. The van der Waals surface area contributed by atoms with Gasteiger partial charge in [0.1, 0.15) is 43.9 Å². The molecule has 1 aromatic carbocycles. The van der Waals surface area contributed by atoms with Crippen LogP contribution in [0.2, 0.25) is 0 Å². The number of anilines is 1. The Hall–Kier alpha value is -4.62. The van der Waals surface area contributed by atoms with E-state index in [2.05, 4.69) is 10.8 Å². The van der Waals surface area contributed by atoms with Crippen LogP contribution in [0.1, 0.15) is 38.2 Å². The number of carboxylic acid groups (broad SMARTS) is 1. The van der Waals surface area contributed by atoms with Crippen molar-refractivity contribution < 1.29 is 73.0 Å². The van der Waals surface area contributed by atoms with Crippen LogP contribution in [0.15, 0.2) is 30.4 Å². The molecular formula is C28H35N3O15. The molecule has 2 aliphatic rings. The van der Waals surface area contributed by atoms with Gasteiger partial charge in [-0.05, 0) is 30.5 Å². The fraction of sp³-hybridized carbons (Fsp3) is 0.500. The van der Waals surface area contributed by atoms with Gasteiger partial charge in [-0.1, -0.05) is 12.5 Å². The Morgan fingerprint density at radius 3 is 2.35 bits per heavy atom. The van der Waals surface area contributed by atoms with Crippen molar-refractivity contribution in [2.75, 3.05) is 25.1 Å². The molecule has 2 aliphatic heterocycles. The van der Waals surface area contributed by atoms with Gasteiger partial charge in [-0.3, -0.25) is 34.2 Å². The molecule has 18 nitrogen and oxygen atoms in total.